The highest BCUT2D eigenvalue weighted by molar-refractivity contribution is 5.94. The Kier molecular flexibility index (Phi) is 5.33. The van der Waals surface area contributed by atoms with Gasteiger partial charge >= 0.3 is 5.97 Å². The maximum absolute atomic E-state index is 12.0. The molecule has 114 valence electrons. The van der Waals surface area contributed by atoms with Crippen molar-refractivity contribution in [1.29, 1.82) is 0 Å². The van der Waals surface area contributed by atoms with E-state index in [4.69, 9.17) is 0 Å². The van der Waals surface area contributed by atoms with Crippen LogP contribution in [0.25, 0.3) is 0 Å². The van der Waals surface area contributed by atoms with E-state index in [1.165, 1.54) is 0 Å². The van der Waals surface area contributed by atoms with E-state index in [2.05, 4.69) is 10.6 Å². The van der Waals surface area contributed by atoms with Crippen molar-refractivity contribution in [1.82, 2.24) is 5.32 Å². The van der Waals surface area contributed by atoms with Gasteiger partial charge in [0.25, 0.3) is 0 Å². The number of nitrogens with one attached hydrogen (secondary N) is 2. The maximum atomic E-state index is 12.0. The van der Waals surface area contributed by atoms with Crippen molar-refractivity contribution < 1.29 is 14.7 Å². The Balaban J connectivity index is 1.88. The number of carboxylic acid groups (broad SMARTS) is 1. The first kappa shape index (κ1) is 15.5. The Bertz CT molecular complexity index is 493. The second-order valence-electron chi connectivity index (χ2n) is 5.66. The lowest BCUT2D eigenvalue weighted by Gasteiger charge is -2.19. The summed E-state index contributed by atoms with van der Waals surface area (Å²) in [7, 11) is 0. The Morgan fingerprint density at radius 3 is 2.43 bits per heavy atom. The number of rotatable bonds is 6. The zero-order valence-electron chi connectivity index (χ0n) is 12.3. The van der Waals surface area contributed by atoms with Crippen LogP contribution in [-0.4, -0.2) is 29.1 Å². The van der Waals surface area contributed by atoms with Crippen molar-refractivity contribution in [2.75, 3.05) is 5.32 Å². The Labute approximate surface area is 124 Å². The Morgan fingerprint density at radius 1 is 1.24 bits per heavy atom. The molecule has 2 rings (SSSR count). The highest BCUT2D eigenvalue weighted by Crippen LogP contribution is 2.19. The summed E-state index contributed by atoms with van der Waals surface area (Å²) in [4.78, 5) is 23.2. The minimum atomic E-state index is -0.971. The second-order valence-corrected chi connectivity index (χ2v) is 5.66. The van der Waals surface area contributed by atoms with Crippen LogP contribution in [0.1, 0.15) is 37.7 Å². The second kappa shape index (κ2) is 7.22. The number of hydrogen-bond acceptors (Lipinski definition) is 3. The van der Waals surface area contributed by atoms with Crippen LogP contribution in [0.3, 0.4) is 0 Å². The molecule has 21 heavy (non-hydrogen) atoms. The first-order chi connectivity index (χ1) is 10.0. The van der Waals surface area contributed by atoms with Gasteiger partial charge in [0.05, 0.1) is 6.42 Å². The van der Waals surface area contributed by atoms with Crippen LogP contribution in [-0.2, 0) is 9.59 Å². The quantitative estimate of drug-likeness (QED) is 0.751. The normalized spacial score (nSPS) is 16.6. The van der Waals surface area contributed by atoms with Gasteiger partial charge in [0.2, 0.25) is 5.91 Å². The van der Waals surface area contributed by atoms with Gasteiger partial charge in [0, 0.05) is 11.7 Å². The summed E-state index contributed by atoms with van der Waals surface area (Å²) in [6, 6.07) is 6.83. The molecule has 1 fully saturated rings. The fourth-order valence-corrected chi connectivity index (χ4v) is 2.63. The molecule has 0 heterocycles. The summed E-state index contributed by atoms with van der Waals surface area (Å²) in [6.45, 7) is 1.97. The lowest BCUT2D eigenvalue weighted by molar-refractivity contribution is -0.141. The lowest BCUT2D eigenvalue weighted by Crippen LogP contribution is -2.44. The van der Waals surface area contributed by atoms with Gasteiger partial charge in [0.15, 0.2) is 0 Å². The fraction of sp³-hybridized carbons (Fsp3) is 0.500. The number of anilines is 1. The highest BCUT2D eigenvalue weighted by Gasteiger charge is 2.25. The summed E-state index contributed by atoms with van der Waals surface area (Å²) < 4.78 is 0. The predicted molar refractivity (Wildman–Crippen MR) is 81.2 cm³/mol. The average molecular weight is 290 g/mol. The molecule has 1 aromatic rings. The summed E-state index contributed by atoms with van der Waals surface area (Å²) in [5.74, 6) is -1.25. The molecule has 0 radical (unpaired) electrons. The van der Waals surface area contributed by atoms with Crippen LogP contribution >= 0.6 is 0 Å². The van der Waals surface area contributed by atoms with Crippen LogP contribution in [0.5, 0.6) is 0 Å². The van der Waals surface area contributed by atoms with Gasteiger partial charge in [-0.2, -0.15) is 0 Å². The average Bonchev–Trinajstić information content (AvgIpc) is 2.93. The molecule has 0 aliphatic heterocycles. The molecule has 1 aliphatic rings. The van der Waals surface area contributed by atoms with Crippen molar-refractivity contribution in [3.8, 4) is 0 Å². The topological polar surface area (TPSA) is 78.4 Å². The monoisotopic (exact) mass is 290 g/mol. The van der Waals surface area contributed by atoms with E-state index in [1.807, 2.05) is 31.2 Å². The van der Waals surface area contributed by atoms with Gasteiger partial charge in [-0.1, -0.05) is 30.5 Å². The number of carbonyl (C=O) groups excluding carboxylic acids is 1. The lowest BCUT2D eigenvalue weighted by atomic mass is 10.1. The third-order valence-electron chi connectivity index (χ3n) is 3.81. The molecular formula is C16H22N2O3. The molecule has 1 amide bonds. The molecular weight excluding hydrogens is 268 g/mol. The molecule has 5 heteroatoms. The van der Waals surface area contributed by atoms with Crippen molar-refractivity contribution in [3.05, 3.63) is 29.8 Å². The highest BCUT2D eigenvalue weighted by atomic mass is 16.4. The molecule has 0 aromatic heterocycles. The number of carboxylic acids is 1. The molecule has 3 N–H and O–H groups in total. The summed E-state index contributed by atoms with van der Waals surface area (Å²) in [6.07, 6.45) is 4.17. The smallest absolute Gasteiger partial charge is 0.321 e. The summed E-state index contributed by atoms with van der Waals surface area (Å²) in [5.41, 5.74) is 1.80. The standard InChI is InChI=1S/C16H22N2O3/c1-11-6-8-13(9-7-11)18-15(19)10-14(16(20)21)17-12-4-2-3-5-12/h6-9,12,14,17H,2-5,10H2,1H3,(H,18,19)(H,20,21)/t14-/m1/s1. The van der Waals surface area contributed by atoms with E-state index < -0.39 is 12.0 Å². The van der Waals surface area contributed by atoms with Crippen LogP contribution in [0.4, 0.5) is 5.69 Å². The fourth-order valence-electron chi connectivity index (χ4n) is 2.63. The number of aryl methyl sites for hydroxylation is 1. The number of benzene rings is 1. The van der Waals surface area contributed by atoms with E-state index in [1.54, 1.807) is 0 Å². The number of aliphatic carboxylic acids is 1. The van der Waals surface area contributed by atoms with Gasteiger partial charge < -0.3 is 15.7 Å². The van der Waals surface area contributed by atoms with E-state index in [0.29, 0.717) is 5.69 Å². The number of carbonyl (C=O) groups is 2. The third-order valence-corrected chi connectivity index (χ3v) is 3.81. The molecule has 0 bridgehead atoms. The molecule has 5 nitrogen and oxygen atoms in total. The van der Waals surface area contributed by atoms with Crippen LogP contribution in [0.15, 0.2) is 24.3 Å². The first-order valence-electron chi connectivity index (χ1n) is 7.40. The van der Waals surface area contributed by atoms with Gasteiger partial charge in [0.1, 0.15) is 6.04 Å². The minimum absolute atomic E-state index is 0.0558. The largest absolute Gasteiger partial charge is 0.480 e. The van der Waals surface area contributed by atoms with Crippen LogP contribution in [0.2, 0.25) is 0 Å². The third kappa shape index (κ3) is 4.86. The molecule has 1 aromatic carbocycles. The molecule has 1 atom stereocenters. The van der Waals surface area contributed by atoms with Gasteiger partial charge in [-0.05, 0) is 31.9 Å². The van der Waals surface area contributed by atoms with Crippen molar-refractivity contribution in [3.63, 3.8) is 0 Å². The van der Waals surface area contributed by atoms with Gasteiger partial charge in [-0.3, -0.25) is 9.59 Å². The predicted octanol–water partition coefficient (Wildman–Crippen LogP) is 2.31. The minimum Gasteiger partial charge on any atom is -0.480 e. The van der Waals surface area contributed by atoms with Crippen LogP contribution in [0, 0.1) is 6.92 Å². The first-order valence-corrected chi connectivity index (χ1v) is 7.40. The van der Waals surface area contributed by atoms with E-state index in [-0.39, 0.29) is 18.4 Å². The van der Waals surface area contributed by atoms with Crippen molar-refractivity contribution >= 4 is 17.6 Å². The molecule has 0 saturated heterocycles. The van der Waals surface area contributed by atoms with E-state index >= 15 is 0 Å². The summed E-state index contributed by atoms with van der Waals surface area (Å²) >= 11 is 0. The van der Waals surface area contributed by atoms with Crippen molar-refractivity contribution in [2.24, 2.45) is 0 Å². The van der Waals surface area contributed by atoms with Gasteiger partial charge in [-0.15, -0.1) is 0 Å². The van der Waals surface area contributed by atoms with Crippen LogP contribution < -0.4 is 10.6 Å². The molecule has 1 saturated carbocycles. The van der Waals surface area contributed by atoms with Crippen molar-refractivity contribution in [2.45, 2.75) is 51.1 Å². The molecule has 0 unspecified atom stereocenters. The summed E-state index contributed by atoms with van der Waals surface area (Å²) in [5, 5.41) is 15.1. The van der Waals surface area contributed by atoms with E-state index in [0.717, 1.165) is 31.2 Å². The van der Waals surface area contributed by atoms with Gasteiger partial charge in [-0.25, -0.2) is 0 Å². The zero-order valence-corrected chi connectivity index (χ0v) is 12.3. The molecule has 1 aliphatic carbocycles. The SMILES string of the molecule is Cc1ccc(NC(=O)C[C@@H](NC2CCCC2)C(=O)O)cc1. The van der Waals surface area contributed by atoms with E-state index in [9.17, 15) is 14.7 Å². The Hall–Kier alpha value is -1.88. The molecule has 0 spiro atoms. The maximum Gasteiger partial charge on any atom is 0.321 e. The Morgan fingerprint density at radius 2 is 1.86 bits per heavy atom. The number of amides is 1. The number of hydrogen-bond donors (Lipinski definition) is 3. The zero-order chi connectivity index (χ0) is 15.2.